The number of hydrogen-bond acceptors (Lipinski definition) is 15. The van der Waals surface area contributed by atoms with Gasteiger partial charge in [0.1, 0.15) is 48.7 Å². The fraction of sp³-hybridized carbons (Fsp3) is 0.362. The van der Waals surface area contributed by atoms with Crippen molar-refractivity contribution in [3.63, 3.8) is 0 Å². The summed E-state index contributed by atoms with van der Waals surface area (Å²) in [7, 11) is 4.12. The Morgan fingerprint density at radius 1 is 0.797 bits per heavy atom. The Morgan fingerprint density at radius 3 is 2.03 bits per heavy atom. The molecular formula is C58H68N8O13. The average Bonchev–Trinajstić information content (AvgIpc) is 4.12. The summed E-state index contributed by atoms with van der Waals surface area (Å²) in [5.74, 6) is 1.71. The van der Waals surface area contributed by atoms with E-state index in [0.29, 0.717) is 22.6 Å². The molecule has 2 aliphatic rings. The van der Waals surface area contributed by atoms with E-state index in [1.54, 1.807) is 58.2 Å². The number of alkyl carbamates (subject to hydrolysis) is 1. The zero-order valence-electron chi connectivity index (χ0n) is 45.1. The second-order valence-corrected chi connectivity index (χ2v) is 20.5. The largest absolute Gasteiger partial charge is 0.487 e. The first-order valence-electron chi connectivity index (χ1n) is 25.7. The number of aliphatic hydroxyl groups excluding tert-OH is 1. The molecule has 0 unspecified atom stereocenters. The monoisotopic (exact) mass is 1080 g/mol. The zero-order chi connectivity index (χ0) is 57.1. The molecule has 5 aromatic rings. The smallest absolute Gasteiger partial charge is 0.410 e. The normalized spacial score (nSPS) is 16.5. The fourth-order valence-corrected chi connectivity index (χ4v) is 9.35. The number of hydrazine groups is 1. The van der Waals surface area contributed by atoms with Crippen molar-refractivity contribution in [2.45, 2.75) is 94.9 Å². The van der Waals surface area contributed by atoms with Gasteiger partial charge >= 0.3 is 24.1 Å². The molecule has 0 bridgehead atoms. The van der Waals surface area contributed by atoms with Crippen molar-refractivity contribution in [1.82, 2.24) is 36.1 Å². The molecule has 6 atom stereocenters. The molecule has 8 N–H and O–H groups in total. The van der Waals surface area contributed by atoms with Crippen LogP contribution in [0.1, 0.15) is 62.3 Å². The number of likely N-dealkylation sites (tertiary alicyclic amines) is 1. The second-order valence-electron chi connectivity index (χ2n) is 20.5. The molecule has 5 amide bonds. The van der Waals surface area contributed by atoms with Crippen LogP contribution in [0.15, 0.2) is 127 Å². The summed E-state index contributed by atoms with van der Waals surface area (Å²) in [5, 5.41) is 35.2. The maximum absolute atomic E-state index is 14.1. The van der Waals surface area contributed by atoms with Crippen LogP contribution in [0, 0.1) is 0 Å². The molecule has 1 heterocycles. The van der Waals surface area contributed by atoms with Gasteiger partial charge < -0.3 is 60.3 Å². The molecule has 0 saturated carbocycles. The SMILES string of the molecule is COC(=O)[C@H](Cc1ccc(OC/C(=C/N[C@H]2C[C@@H](C(=O)N[C@@H](Cc3ccc4ccccc4c3)C(=O)O)N(C(=O)[C@H](O)NC(=O)[C@H](C)N(C)C(=O)OC(C)(C)C)C2)N(C)N)cc1)NC(=O)OCC1c2ccccc2-c2ccccc21. The van der Waals surface area contributed by atoms with Crippen LogP contribution in [-0.4, -0.2) is 150 Å². The first kappa shape index (κ1) is 58.0. The number of aliphatic carboxylic acids is 1. The molecule has 1 saturated heterocycles. The number of nitrogens with one attached hydrogen (secondary N) is 4. The van der Waals surface area contributed by atoms with Crippen LogP contribution in [0.25, 0.3) is 21.9 Å². The highest BCUT2D eigenvalue weighted by molar-refractivity contribution is 5.95. The van der Waals surface area contributed by atoms with Crippen LogP contribution in [0.5, 0.6) is 5.75 Å². The quantitative estimate of drug-likeness (QED) is 0.0175. The Morgan fingerprint density at radius 2 is 1.41 bits per heavy atom. The van der Waals surface area contributed by atoms with E-state index < -0.39 is 83.9 Å². The maximum atomic E-state index is 14.1. The number of ether oxygens (including phenoxy) is 4. The number of carbonyl (C=O) groups is 7. The first-order valence-corrected chi connectivity index (χ1v) is 25.7. The Labute approximate surface area is 457 Å². The standard InChI is InChI=1S/C58H68N8O13/c1-34(64(5)57(75)79-58(2,3)4)50(67)63-52(69)53(70)66-31-39(29-49(66)51(68)61-47(54(71)72)28-36-20-23-37-14-8-9-15-38(37)26-36)60-30-40(65(6)59)32-77-41-24-21-35(22-25-41)27-48(55(73)76-7)62-56(74)78-33-46-44-18-12-10-16-42(44)43-17-11-13-19-45(43)46/h8-26,30,34,39,46-49,52,60,69H,27-29,31-33,59H2,1-7H3,(H,61,68)(H,62,74)(H,63,67)(H,71,72)/b40-30-/t34-,39-,47-,48-,49-,52-/m0/s1. The molecule has 1 aliphatic heterocycles. The molecule has 418 valence electrons. The number of methoxy groups -OCH3 is 1. The van der Waals surface area contributed by atoms with Gasteiger partial charge in [-0.2, -0.15) is 0 Å². The van der Waals surface area contributed by atoms with Crippen LogP contribution in [0.4, 0.5) is 9.59 Å². The van der Waals surface area contributed by atoms with E-state index in [9.17, 15) is 43.8 Å². The Hall–Kier alpha value is -8.69. The number of nitrogens with zero attached hydrogens (tertiary/aromatic N) is 3. The zero-order valence-corrected chi connectivity index (χ0v) is 45.1. The fourth-order valence-electron chi connectivity index (χ4n) is 9.35. The second kappa shape index (κ2) is 25.6. The molecule has 0 aromatic heterocycles. The predicted molar refractivity (Wildman–Crippen MR) is 292 cm³/mol. The maximum Gasteiger partial charge on any atom is 0.410 e. The van der Waals surface area contributed by atoms with Crippen molar-refractivity contribution < 1.29 is 62.7 Å². The van der Waals surface area contributed by atoms with Crippen LogP contribution in [0.3, 0.4) is 0 Å². The van der Waals surface area contributed by atoms with Crippen LogP contribution < -0.4 is 31.8 Å². The van der Waals surface area contributed by atoms with Gasteiger partial charge in [0.15, 0.2) is 0 Å². The molecule has 21 heteroatoms. The number of rotatable bonds is 21. The van der Waals surface area contributed by atoms with Gasteiger partial charge in [0.2, 0.25) is 18.0 Å². The summed E-state index contributed by atoms with van der Waals surface area (Å²) < 4.78 is 22.1. The van der Waals surface area contributed by atoms with Gasteiger partial charge in [0.05, 0.1) is 12.8 Å². The minimum Gasteiger partial charge on any atom is -0.487 e. The van der Waals surface area contributed by atoms with E-state index in [1.165, 1.54) is 32.3 Å². The lowest BCUT2D eigenvalue weighted by Gasteiger charge is -2.30. The number of fused-ring (bicyclic) bond motifs is 4. The van der Waals surface area contributed by atoms with E-state index >= 15 is 0 Å². The van der Waals surface area contributed by atoms with Gasteiger partial charge in [-0.25, -0.2) is 25.0 Å². The molecule has 0 spiro atoms. The molecular weight excluding hydrogens is 1020 g/mol. The summed E-state index contributed by atoms with van der Waals surface area (Å²) in [6, 6.07) is 30.0. The number of esters is 1. The number of carboxylic acid groups (broad SMARTS) is 1. The number of carbonyl (C=O) groups excluding carboxylic acids is 6. The van der Waals surface area contributed by atoms with Crippen molar-refractivity contribution in [1.29, 1.82) is 0 Å². The van der Waals surface area contributed by atoms with Crippen LogP contribution >= 0.6 is 0 Å². The van der Waals surface area contributed by atoms with Gasteiger partial charge in [0.25, 0.3) is 5.91 Å². The summed E-state index contributed by atoms with van der Waals surface area (Å²) in [4.78, 5) is 94.8. The topological polar surface area (TPSA) is 281 Å². The molecule has 79 heavy (non-hydrogen) atoms. The van der Waals surface area contributed by atoms with Gasteiger partial charge in [0, 0.05) is 51.6 Å². The molecule has 0 radical (unpaired) electrons. The first-order chi connectivity index (χ1) is 37.6. The highest BCUT2D eigenvalue weighted by Gasteiger charge is 2.43. The molecule has 7 rings (SSSR count). The molecule has 1 fully saturated rings. The number of aliphatic hydroxyl groups is 1. The highest BCUT2D eigenvalue weighted by Crippen LogP contribution is 2.44. The lowest BCUT2D eigenvalue weighted by atomic mass is 9.98. The van der Waals surface area contributed by atoms with Crippen molar-refractivity contribution in [3.05, 3.63) is 149 Å². The number of nitrogens with two attached hydrogens (primary N) is 1. The lowest BCUT2D eigenvalue weighted by Crippen LogP contribution is -2.57. The average molecular weight is 1090 g/mol. The van der Waals surface area contributed by atoms with E-state index in [0.717, 1.165) is 42.8 Å². The number of carboxylic acids is 1. The van der Waals surface area contributed by atoms with Gasteiger partial charge in [-0.3, -0.25) is 19.3 Å². The number of hydrogen-bond donors (Lipinski definition) is 7. The van der Waals surface area contributed by atoms with E-state index in [1.807, 2.05) is 84.9 Å². The molecule has 1 aliphatic carbocycles. The van der Waals surface area contributed by atoms with Crippen LogP contribution in [0.2, 0.25) is 0 Å². The lowest BCUT2D eigenvalue weighted by molar-refractivity contribution is -0.150. The minimum atomic E-state index is -2.17. The Kier molecular flexibility index (Phi) is 18.8. The summed E-state index contributed by atoms with van der Waals surface area (Å²) in [5.41, 5.74) is 5.12. The van der Waals surface area contributed by atoms with Gasteiger partial charge in [-0.15, -0.1) is 0 Å². The molecule has 5 aromatic carbocycles. The van der Waals surface area contributed by atoms with Crippen molar-refractivity contribution in [2.75, 3.05) is 41.0 Å². The predicted octanol–water partition coefficient (Wildman–Crippen LogP) is 4.55. The van der Waals surface area contributed by atoms with Crippen LogP contribution in [-0.2, 0) is 51.0 Å². The van der Waals surface area contributed by atoms with Gasteiger partial charge in [-0.1, -0.05) is 103 Å². The van der Waals surface area contributed by atoms with Gasteiger partial charge in [-0.05, 0) is 90.4 Å². The third-order valence-corrected chi connectivity index (χ3v) is 13.7. The summed E-state index contributed by atoms with van der Waals surface area (Å²) in [6.07, 6.45) is -2.30. The number of benzene rings is 5. The van der Waals surface area contributed by atoms with Crippen molar-refractivity contribution in [2.24, 2.45) is 5.84 Å². The minimum absolute atomic E-state index is 0.0622. The Bertz CT molecular complexity index is 3020. The molecule has 21 nitrogen and oxygen atoms in total. The summed E-state index contributed by atoms with van der Waals surface area (Å²) in [6.45, 7) is 6.13. The Balaban J connectivity index is 0.987. The summed E-state index contributed by atoms with van der Waals surface area (Å²) >= 11 is 0. The van der Waals surface area contributed by atoms with E-state index in [2.05, 4.69) is 21.3 Å². The number of likely N-dealkylation sites (N-methyl/N-ethyl adjacent to an activating group) is 2. The third kappa shape index (κ3) is 14.9. The van der Waals surface area contributed by atoms with Crippen molar-refractivity contribution in [3.8, 4) is 16.9 Å². The van der Waals surface area contributed by atoms with E-state index in [-0.39, 0.29) is 44.9 Å². The third-order valence-electron chi connectivity index (χ3n) is 13.7. The van der Waals surface area contributed by atoms with Crippen molar-refractivity contribution >= 4 is 52.6 Å². The highest BCUT2D eigenvalue weighted by atomic mass is 16.6. The van der Waals surface area contributed by atoms with E-state index in [4.69, 9.17) is 24.8 Å². The number of amides is 5.